The number of hydrogen-bond donors (Lipinski definition) is 1. The van der Waals surface area contributed by atoms with Crippen molar-refractivity contribution in [2.75, 3.05) is 11.4 Å². The first-order chi connectivity index (χ1) is 10.2. The van der Waals surface area contributed by atoms with Crippen LogP contribution in [0.1, 0.15) is 24.5 Å². The lowest BCUT2D eigenvalue weighted by Gasteiger charge is -2.24. The Balaban J connectivity index is 2.15. The molecule has 21 heavy (non-hydrogen) atoms. The second-order valence-corrected chi connectivity index (χ2v) is 5.07. The molecule has 2 aromatic carbocycles. The third-order valence-corrected chi connectivity index (χ3v) is 3.52. The van der Waals surface area contributed by atoms with Gasteiger partial charge in [-0.2, -0.15) is 0 Å². The lowest BCUT2D eigenvalue weighted by atomic mass is 10.1. The minimum atomic E-state index is -0.766. The van der Waals surface area contributed by atoms with Gasteiger partial charge < -0.3 is 10.0 Å². The number of rotatable bonds is 7. The summed E-state index contributed by atoms with van der Waals surface area (Å²) < 4.78 is 0. The second-order valence-electron chi connectivity index (χ2n) is 5.07. The standard InChI is InChI=1S/C18H21NO2/c1-2-15-8-10-17(11-9-15)19(13-12-18(20)21)14-16-6-4-3-5-7-16/h3-11H,2,12-14H2,1H3,(H,20,21). The molecule has 0 heterocycles. The molecule has 0 saturated heterocycles. The first kappa shape index (κ1) is 15.1. The summed E-state index contributed by atoms with van der Waals surface area (Å²) >= 11 is 0. The summed E-state index contributed by atoms with van der Waals surface area (Å²) in [6.45, 7) is 3.36. The Morgan fingerprint density at radius 2 is 1.67 bits per heavy atom. The average Bonchev–Trinajstić information content (AvgIpc) is 2.52. The molecular weight excluding hydrogens is 262 g/mol. The number of nitrogens with zero attached hydrogens (tertiary/aromatic N) is 1. The quantitative estimate of drug-likeness (QED) is 0.841. The van der Waals surface area contributed by atoms with E-state index >= 15 is 0 Å². The van der Waals surface area contributed by atoms with Gasteiger partial charge in [-0.3, -0.25) is 4.79 Å². The van der Waals surface area contributed by atoms with E-state index in [-0.39, 0.29) is 6.42 Å². The summed E-state index contributed by atoms with van der Waals surface area (Å²) in [7, 11) is 0. The first-order valence-electron chi connectivity index (χ1n) is 7.28. The van der Waals surface area contributed by atoms with Gasteiger partial charge in [-0.15, -0.1) is 0 Å². The first-order valence-corrected chi connectivity index (χ1v) is 7.28. The molecular formula is C18H21NO2. The van der Waals surface area contributed by atoms with Crippen LogP contribution in [0.3, 0.4) is 0 Å². The van der Waals surface area contributed by atoms with Gasteiger partial charge in [-0.25, -0.2) is 0 Å². The molecule has 0 atom stereocenters. The van der Waals surface area contributed by atoms with Crippen molar-refractivity contribution in [1.29, 1.82) is 0 Å². The minimum Gasteiger partial charge on any atom is -0.481 e. The van der Waals surface area contributed by atoms with Crippen molar-refractivity contribution in [1.82, 2.24) is 0 Å². The summed E-state index contributed by atoms with van der Waals surface area (Å²) in [5, 5.41) is 8.93. The van der Waals surface area contributed by atoms with E-state index in [0.717, 1.165) is 18.7 Å². The van der Waals surface area contributed by atoms with Crippen molar-refractivity contribution in [3.63, 3.8) is 0 Å². The topological polar surface area (TPSA) is 40.5 Å². The van der Waals surface area contributed by atoms with Crippen LogP contribution in [0.25, 0.3) is 0 Å². The third-order valence-electron chi connectivity index (χ3n) is 3.52. The van der Waals surface area contributed by atoms with Gasteiger partial charge in [0, 0.05) is 18.8 Å². The van der Waals surface area contributed by atoms with E-state index in [4.69, 9.17) is 5.11 Å². The predicted molar refractivity (Wildman–Crippen MR) is 85.6 cm³/mol. The molecule has 3 nitrogen and oxygen atoms in total. The SMILES string of the molecule is CCc1ccc(N(CCC(=O)O)Cc2ccccc2)cc1. The zero-order valence-electron chi connectivity index (χ0n) is 12.3. The van der Waals surface area contributed by atoms with Crippen LogP contribution in [0.4, 0.5) is 5.69 Å². The monoisotopic (exact) mass is 283 g/mol. The lowest BCUT2D eigenvalue weighted by molar-refractivity contribution is -0.136. The maximum atomic E-state index is 10.9. The largest absolute Gasteiger partial charge is 0.481 e. The highest BCUT2D eigenvalue weighted by atomic mass is 16.4. The summed E-state index contributed by atoms with van der Waals surface area (Å²) in [5.41, 5.74) is 3.54. The number of anilines is 1. The van der Waals surface area contributed by atoms with Crippen LogP contribution in [-0.4, -0.2) is 17.6 Å². The molecule has 0 unspecified atom stereocenters. The fraction of sp³-hybridized carbons (Fsp3) is 0.278. The maximum Gasteiger partial charge on any atom is 0.305 e. The number of hydrogen-bond acceptors (Lipinski definition) is 2. The molecule has 1 N–H and O–H groups in total. The van der Waals surface area contributed by atoms with Crippen LogP contribution in [-0.2, 0) is 17.8 Å². The molecule has 2 aromatic rings. The van der Waals surface area contributed by atoms with Crippen molar-refractivity contribution >= 4 is 11.7 Å². The Morgan fingerprint density at radius 1 is 1.00 bits per heavy atom. The van der Waals surface area contributed by atoms with Gasteiger partial charge in [0.15, 0.2) is 0 Å². The van der Waals surface area contributed by atoms with Gasteiger partial charge in [-0.1, -0.05) is 49.4 Å². The average molecular weight is 283 g/mol. The number of aliphatic carboxylic acids is 1. The number of carboxylic acids is 1. The number of carboxylic acid groups (broad SMARTS) is 1. The van der Waals surface area contributed by atoms with Gasteiger partial charge in [0.25, 0.3) is 0 Å². The maximum absolute atomic E-state index is 10.9. The van der Waals surface area contributed by atoms with Gasteiger partial charge in [0.1, 0.15) is 0 Å². The Kier molecular flexibility index (Phi) is 5.38. The summed E-state index contributed by atoms with van der Waals surface area (Å²) in [4.78, 5) is 13.0. The Bertz CT molecular complexity index is 564. The molecule has 0 bridgehead atoms. The highest BCUT2D eigenvalue weighted by molar-refractivity contribution is 5.67. The molecule has 0 aromatic heterocycles. The highest BCUT2D eigenvalue weighted by Gasteiger charge is 2.09. The smallest absolute Gasteiger partial charge is 0.305 e. The van der Waals surface area contributed by atoms with Crippen molar-refractivity contribution in [2.24, 2.45) is 0 Å². The van der Waals surface area contributed by atoms with Gasteiger partial charge in [-0.05, 0) is 29.7 Å². The highest BCUT2D eigenvalue weighted by Crippen LogP contribution is 2.19. The van der Waals surface area contributed by atoms with E-state index in [1.165, 1.54) is 11.1 Å². The lowest BCUT2D eigenvalue weighted by Crippen LogP contribution is -2.25. The molecule has 0 aliphatic carbocycles. The number of aryl methyl sites for hydroxylation is 1. The van der Waals surface area contributed by atoms with Gasteiger partial charge >= 0.3 is 5.97 Å². The zero-order valence-corrected chi connectivity index (χ0v) is 12.3. The normalized spacial score (nSPS) is 10.3. The molecule has 0 spiro atoms. The van der Waals surface area contributed by atoms with Crippen LogP contribution >= 0.6 is 0 Å². The molecule has 2 rings (SSSR count). The fourth-order valence-electron chi connectivity index (χ4n) is 2.28. The summed E-state index contributed by atoms with van der Waals surface area (Å²) in [6, 6.07) is 18.5. The van der Waals surface area contributed by atoms with Crippen LogP contribution < -0.4 is 4.90 Å². The number of carbonyl (C=O) groups is 1. The van der Waals surface area contributed by atoms with Crippen molar-refractivity contribution < 1.29 is 9.90 Å². The van der Waals surface area contributed by atoms with Crippen LogP contribution in [0.5, 0.6) is 0 Å². The summed E-state index contributed by atoms with van der Waals surface area (Å²) in [5.74, 6) is -0.766. The third kappa shape index (κ3) is 4.63. The Hall–Kier alpha value is -2.29. The van der Waals surface area contributed by atoms with E-state index in [0.29, 0.717) is 6.54 Å². The van der Waals surface area contributed by atoms with Crippen molar-refractivity contribution in [3.05, 3.63) is 65.7 Å². The molecule has 3 heteroatoms. The molecule has 0 aliphatic rings. The predicted octanol–water partition coefficient (Wildman–Crippen LogP) is 3.73. The van der Waals surface area contributed by atoms with E-state index < -0.39 is 5.97 Å². The number of benzene rings is 2. The van der Waals surface area contributed by atoms with Gasteiger partial charge in [0.2, 0.25) is 0 Å². The molecule has 0 aliphatic heterocycles. The molecule has 0 fully saturated rings. The molecule has 110 valence electrons. The van der Waals surface area contributed by atoms with Crippen molar-refractivity contribution in [2.45, 2.75) is 26.3 Å². The molecule has 0 saturated carbocycles. The minimum absolute atomic E-state index is 0.141. The van der Waals surface area contributed by atoms with Crippen LogP contribution in [0.2, 0.25) is 0 Å². The fourth-order valence-corrected chi connectivity index (χ4v) is 2.28. The zero-order chi connectivity index (χ0) is 15.1. The van der Waals surface area contributed by atoms with Crippen LogP contribution in [0.15, 0.2) is 54.6 Å². The van der Waals surface area contributed by atoms with E-state index in [2.05, 4.69) is 48.2 Å². The second kappa shape index (κ2) is 7.48. The van der Waals surface area contributed by atoms with Crippen molar-refractivity contribution in [3.8, 4) is 0 Å². The molecule has 0 radical (unpaired) electrons. The van der Waals surface area contributed by atoms with Crippen LogP contribution in [0, 0.1) is 0 Å². The molecule has 0 amide bonds. The van der Waals surface area contributed by atoms with E-state index in [1.54, 1.807) is 0 Å². The van der Waals surface area contributed by atoms with E-state index in [1.807, 2.05) is 18.2 Å². The summed E-state index contributed by atoms with van der Waals surface area (Å²) in [6.07, 6.45) is 1.15. The Labute approximate surface area is 125 Å². The van der Waals surface area contributed by atoms with E-state index in [9.17, 15) is 4.79 Å². The van der Waals surface area contributed by atoms with Gasteiger partial charge in [0.05, 0.1) is 6.42 Å². The Morgan fingerprint density at radius 3 is 2.24 bits per heavy atom.